The average molecular weight is 308 g/mol. The van der Waals surface area contributed by atoms with Crippen LogP contribution in [0.2, 0.25) is 0 Å². The van der Waals surface area contributed by atoms with E-state index in [0.29, 0.717) is 0 Å². The zero-order valence-corrected chi connectivity index (χ0v) is 12.5. The molecule has 2 aromatic rings. The first-order valence-electron chi connectivity index (χ1n) is 6.17. The largest absolute Gasteiger partial charge is 0.466 e. The third-order valence-electron chi connectivity index (χ3n) is 3.18. The number of rotatable bonds is 4. The van der Waals surface area contributed by atoms with Gasteiger partial charge < -0.3 is 9.73 Å². The summed E-state index contributed by atoms with van der Waals surface area (Å²) in [6.45, 7) is 7.26. The van der Waals surface area contributed by atoms with Crippen molar-refractivity contribution in [3.05, 3.63) is 57.5 Å². The Labute approximate surface area is 117 Å². The van der Waals surface area contributed by atoms with E-state index in [4.69, 9.17) is 4.42 Å². The third kappa shape index (κ3) is 2.68. The second-order valence-electron chi connectivity index (χ2n) is 4.47. The van der Waals surface area contributed by atoms with Gasteiger partial charge in [0.25, 0.3) is 0 Å². The molecule has 2 nitrogen and oxygen atoms in total. The molecule has 1 unspecified atom stereocenters. The van der Waals surface area contributed by atoms with Gasteiger partial charge in [0.05, 0.1) is 16.8 Å². The molecule has 1 atom stereocenters. The highest BCUT2D eigenvalue weighted by Gasteiger charge is 2.19. The van der Waals surface area contributed by atoms with Crippen molar-refractivity contribution in [1.29, 1.82) is 0 Å². The zero-order chi connectivity index (χ0) is 13.1. The highest BCUT2D eigenvalue weighted by atomic mass is 79.9. The fourth-order valence-electron chi connectivity index (χ4n) is 2.02. The van der Waals surface area contributed by atoms with E-state index in [1.54, 1.807) is 6.26 Å². The van der Waals surface area contributed by atoms with Crippen LogP contribution in [0.3, 0.4) is 0 Å². The van der Waals surface area contributed by atoms with Crippen molar-refractivity contribution in [2.45, 2.75) is 26.8 Å². The molecule has 18 heavy (non-hydrogen) atoms. The van der Waals surface area contributed by atoms with Crippen molar-refractivity contribution in [1.82, 2.24) is 5.32 Å². The van der Waals surface area contributed by atoms with E-state index in [9.17, 15) is 0 Å². The summed E-state index contributed by atoms with van der Waals surface area (Å²) in [6.07, 6.45) is 1.71. The van der Waals surface area contributed by atoms with Crippen LogP contribution in [0, 0.1) is 13.8 Å². The molecule has 1 aromatic heterocycles. The second kappa shape index (κ2) is 5.72. The molecule has 0 bridgehead atoms. The van der Waals surface area contributed by atoms with Crippen molar-refractivity contribution in [3.63, 3.8) is 0 Å². The van der Waals surface area contributed by atoms with Crippen LogP contribution in [0.25, 0.3) is 0 Å². The first kappa shape index (κ1) is 13.4. The molecule has 3 heteroatoms. The van der Waals surface area contributed by atoms with Crippen molar-refractivity contribution >= 4 is 15.9 Å². The summed E-state index contributed by atoms with van der Waals surface area (Å²) in [6, 6.07) is 8.56. The van der Waals surface area contributed by atoms with Crippen LogP contribution < -0.4 is 5.32 Å². The van der Waals surface area contributed by atoms with Crippen LogP contribution in [-0.4, -0.2) is 6.54 Å². The third-order valence-corrected chi connectivity index (χ3v) is 3.83. The van der Waals surface area contributed by atoms with E-state index < -0.39 is 0 Å². The van der Waals surface area contributed by atoms with Gasteiger partial charge in [-0.2, -0.15) is 0 Å². The molecule has 0 radical (unpaired) electrons. The van der Waals surface area contributed by atoms with Crippen LogP contribution in [0.4, 0.5) is 0 Å². The predicted molar refractivity (Wildman–Crippen MR) is 77.8 cm³/mol. The standard InChI is InChI=1S/C15H18BrNO/c1-4-17-14(15-13(16)7-8-18-15)12-6-5-10(2)11(3)9-12/h5-9,14,17H,4H2,1-3H3. The van der Waals surface area contributed by atoms with E-state index in [2.05, 4.69) is 60.2 Å². The Morgan fingerprint density at radius 2 is 2.00 bits per heavy atom. The summed E-state index contributed by atoms with van der Waals surface area (Å²) in [5.41, 5.74) is 3.85. The monoisotopic (exact) mass is 307 g/mol. The number of furan rings is 1. The maximum Gasteiger partial charge on any atom is 0.139 e. The highest BCUT2D eigenvalue weighted by Crippen LogP contribution is 2.30. The SMILES string of the molecule is CCNC(c1ccc(C)c(C)c1)c1occc1Br. The quantitative estimate of drug-likeness (QED) is 0.908. The minimum Gasteiger partial charge on any atom is -0.466 e. The maximum atomic E-state index is 5.59. The number of hydrogen-bond donors (Lipinski definition) is 1. The summed E-state index contributed by atoms with van der Waals surface area (Å²) < 4.78 is 6.60. The van der Waals surface area contributed by atoms with Crippen molar-refractivity contribution in [3.8, 4) is 0 Å². The average Bonchev–Trinajstić information content (AvgIpc) is 2.76. The van der Waals surface area contributed by atoms with Crippen LogP contribution >= 0.6 is 15.9 Å². The molecule has 0 saturated carbocycles. The summed E-state index contributed by atoms with van der Waals surface area (Å²) in [5, 5.41) is 3.47. The topological polar surface area (TPSA) is 25.2 Å². The number of aryl methyl sites for hydroxylation is 2. The Kier molecular flexibility index (Phi) is 4.25. The minimum atomic E-state index is 0.0960. The Balaban J connectivity index is 2.41. The van der Waals surface area contributed by atoms with Crippen molar-refractivity contribution in [2.24, 2.45) is 0 Å². The number of halogens is 1. The van der Waals surface area contributed by atoms with Gasteiger partial charge in [0.1, 0.15) is 5.76 Å². The Hall–Kier alpha value is -1.06. The molecular formula is C15H18BrNO. The fourth-order valence-corrected chi connectivity index (χ4v) is 2.45. The summed E-state index contributed by atoms with van der Waals surface area (Å²) in [5.74, 6) is 0.931. The lowest BCUT2D eigenvalue weighted by Crippen LogP contribution is -2.22. The Morgan fingerprint density at radius 1 is 1.22 bits per heavy atom. The van der Waals surface area contributed by atoms with Crippen molar-refractivity contribution < 1.29 is 4.42 Å². The number of benzene rings is 1. The molecule has 0 aliphatic carbocycles. The molecule has 0 saturated heterocycles. The summed E-state index contributed by atoms with van der Waals surface area (Å²) in [7, 11) is 0. The number of nitrogens with one attached hydrogen (secondary N) is 1. The van der Waals surface area contributed by atoms with Gasteiger partial charge in [-0.05, 0) is 59.1 Å². The molecule has 1 N–H and O–H groups in total. The molecule has 1 aromatic carbocycles. The Bertz CT molecular complexity index is 533. The molecule has 0 amide bonds. The van der Waals surface area contributed by atoms with Crippen LogP contribution in [0.15, 0.2) is 39.4 Å². The van der Waals surface area contributed by atoms with Gasteiger partial charge in [-0.3, -0.25) is 0 Å². The van der Waals surface area contributed by atoms with E-state index in [-0.39, 0.29) is 6.04 Å². The highest BCUT2D eigenvalue weighted by molar-refractivity contribution is 9.10. The van der Waals surface area contributed by atoms with E-state index in [0.717, 1.165) is 16.8 Å². The lowest BCUT2D eigenvalue weighted by molar-refractivity contribution is 0.450. The molecule has 0 spiro atoms. The molecule has 2 rings (SSSR count). The first-order valence-corrected chi connectivity index (χ1v) is 6.96. The lowest BCUT2D eigenvalue weighted by Gasteiger charge is -2.18. The lowest BCUT2D eigenvalue weighted by atomic mass is 9.99. The van der Waals surface area contributed by atoms with Gasteiger partial charge >= 0.3 is 0 Å². The van der Waals surface area contributed by atoms with Crippen LogP contribution in [0.1, 0.15) is 35.4 Å². The predicted octanol–water partition coefficient (Wildman–Crippen LogP) is 4.36. The first-order chi connectivity index (χ1) is 8.63. The maximum absolute atomic E-state index is 5.59. The normalized spacial score (nSPS) is 12.7. The molecule has 96 valence electrons. The summed E-state index contributed by atoms with van der Waals surface area (Å²) in [4.78, 5) is 0. The smallest absolute Gasteiger partial charge is 0.139 e. The van der Waals surface area contributed by atoms with E-state index >= 15 is 0 Å². The zero-order valence-electron chi connectivity index (χ0n) is 11.0. The van der Waals surface area contributed by atoms with Gasteiger partial charge in [-0.25, -0.2) is 0 Å². The fraction of sp³-hybridized carbons (Fsp3) is 0.333. The molecule has 0 aliphatic rings. The molecule has 0 aliphatic heterocycles. The van der Waals surface area contributed by atoms with Crippen molar-refractivity contribution in [2.75, 3.05) is 6.54 Å². The van der Waals surface area contributed by atoms with Gasteiger partial charge in [-0.15, -0.1) is 0 Å². The van der Waals surface area contributed by atoms with Gasteiger partial charge in [0.15, 0.2) is 0 Å². The van der Waals surface area contributed by atoms with Gasteiger partial charge in [0.2, 0.25) is 0 Å². The van der Waals surface area contributed by atoms with Crippen LogP contribution in [-0.2, 0) is 0 Å². The van der Waals surface area contributed by atoms with E-state index in [1.165, 1.54) is 16.7 Å². The van der Waals surface area contributed by atoms with Gasteiger partial charge in [-0.1, -0.05) is 25.1 Å². The minimum absolute atomic E-state index is 0.0960. The van der Waals surface area contributed by atoms with Gasteiger partial charge in [0, 0.05) is 0 Å². The molecular weight excluding hydrogens is 290 g/mol. The molecule has 1 heterocycles. The van der Waals surface area contributed by atoms with Crippen LogP contribution in [0.5, 0.6) is 0 Å². The molecule has 0 fully saturated rings. The second-order valence-corrected chi connectivity index (χ2v) is 5.32. The Morgan fingerprint density at radius 3 is 2.56 bits per heavy atom. The number of hydrogen-bond acceptors (Lipinski definition) is 2. The summed E-state index contributed by atoms with van der Waals surface area (Å²) >= 11 is 3.53. The van der Waals surface area contributed by atoms with E-state index in [1.807, 2.05) is 6.07 Å².